The maximum absolute atomic E-state index is 13.0. The van der Waals surface area contributed by atoms with E-state index in [1.54, 1.807) is 0 Å². The Bertz CT molecular complexity index is 926. The topological polar surface area (TPSA) is 20.3 Å². The Morgan fingerprint density at radius 1 is 0.889 bits per heavy atom. The van der Waals surface area contributed by atoms with Crippen molar-refractivity contribution in [1.82, 2.24) is 4.90 Å². The summed E-state index contributed by atoms with van der Waals surface area (Å²) in [5.74, 6) is 0.219. The second-order valence-electron chi connectivity index (χ2n) is 7.25. The molecule has 0 spiro atoms. The second-order valence-corrected chi connectivity index (χ2v) is 8.10. The van der Waals surface area contributed by atoms with Crippen LogP contribution in [0.4, 0.5) is 0 Å². The van der Waals surface area contributed by atoms with Crippen molar-refractivity contribution in [3.8, 4) is 0 Å². The summed E-state index contributed by atoms with van der Waals surface area (Å²) in [4.78, 5) is 15.3. The molecule has 0 aliphatic rings. The van der Waals surface area contributed by atoms with E-state index >= 15 is 0 Å². The molecule has 0 N–H and O–H groups in total. The van der Waals surface area contributed by atoms with Gasteiger partial charge in [0.1, 0.15) is 0 Å². The van der Waals surface area contributed by atoms with Crippen LogP contribution in [0.1, 0.15) is 49.9 Å². The molecular weight excluding hydrogens is 398 g/mol. The van der Waals surface area contributed by atoms with E-state index in [-0.39, 0.29) is 5.78 Å². The molecule has 0 amide bonds. The van der Waals surface area contributed by atoms with Crippen molar-refractivity contribution < 1.29 is 4.79 Å². The van der Waals surface area contributed by atoms with Gasteiger partial charge in [0.15, 0.2) is 5.78 Å². The smallest absolute Gasteiger partial charge is 0.176 e. The van der Waals surface area contributed by atoms with Crippen LogP contribution in [0.2, 0.25) is 0 Å². The van der Waals surface area contributed by atoms with Crippen molar-refractivity contribution in [2.75, 3.05) is 19.6 Å². The number of hydrogen-bond acceptors (Lipinski definition) is 2. The van der Waals surface area contributed by atoms with Crippen LogP contribution in [-0.4, -0.2) is 30.3 Å². The molecule has 0 fully saturated rings. The number of carbonyl (C=O) groups is 1. The minimum absolute atomic E-state index is 0.219. The average molecular weight is 426 g/mol. The molecule has 0 heterocycles. The highest BCUT2D eigenvalue weighted by molar-refractivity contribution is 9.10. The number of ketones is 1. The maximum atomic E-state index is 13.0. The summed E-state index contributed by atoms with van der Waals surface area (Å²) in [6.45, 7) is 6.93. The number of nitrogens with zero attached hydrogens (tertiary/aromatic N) is 1. The third-order valence-electron chi connectivity index (χ3n) is 5.16. The summed E-state index contributed by atoms with van der Waals surface area (Å²) in [6.07, 6.45) is 4.61. The fourth-order valence-corrected chi connectivity index (χ4v) is 4.15. The van der Waals surface area contributed by atoms with Gasteiger partial charge in [0.25, 0.3) is 0 Å². The van der Waals surface area contributed by atoms with Crippen LogP contribution in [0, 0.1) is 0 Å². The van der Waals surface area contributed by atoms with Crippen molar-refractivity contribution in [1.29, 1.82) is 0 Å². The molecule has 142 valence electrons. The molecule has 0 aromatic heterocycles. The Kier molecular flexibility index (Phi) is 7.03. The zero-order valence-electron chi connectivity index (χ0n) is 16.3. The van der Waals surface area contributed by atoms with E-state index in [9.17, 15) is 4.79 Å². The van der Waals surface area contributed by atoms with E-state index < -0.39 is 0 Å². The van der Waals surface area contributed by atoms with Crippen molar-refractivity contribution in [2.45, 2.75) is 39.5 Å². The van der Waals surface area contributed by atoms with Crippen LogP contribution in [-0.2, 0) is 0 Å². The minimum atomic E-state index is 0.219. The molecule has 0 saturated carbocycles. The number of halogens is 1. The van der Waals surface area contributed by atoms with Crippen molar-refractivity contribution in [3.05, 3.63) is 58.6 Å². The molecule has 3 aromatic rings. The highest BCUT2D eigenvalue weighted by Gasteiger charge is 2.14. The monoisotopic (exact) mass is 425 g/mol. The van der Waals surface area contributed by atoms with Crippen molar-refractivity contribution in [2.24, 2.45) is 0 Å². The van der Waals surface area contributed by atoms with Crippen LogP contribution < -0.4 is 0 Å². The van der Waals surface area contributed by atoms with Gasteiger partial charge in [-0.2, -0.15) is 0 Å². The van der Waals surface area contributed by atoms with Gasteiger partial charge in [-0.15, -0.1) is 0 Å². The molecule has 3 heteroatoms. The third kappa shape index (κ3) is 4.77. The number of Topliss-reactive ketones (excluding diaryl/α,β-unsaturated/α-hetero) is 1. The first-order valence-corrected chi connectivity index (χ1v) is 10.8. The molecule has 2 nitrogen and oxygen atoms in total. The SMILES string of the molecule is CCCCN(CCCC)CC(=O)c1ccc2cc(Br)c3ccccc3c2c1. The summed E-state index contributed by atoms with van der Waals surface area (Å²) in [5.41, 5.74) is 0.813. The standard InChI is InChI=1S/C24H28BrNO/c1-3-5-13-26(14-6-4-2)17-24(27)19-12-11-18-16-23(25)21-10-8-7-9-20(21)22(18)15-19/h7-12,15-16H,3-6,13-14,17H2,1-2H3. The van der Waals surface area contributed by atoms with Crippen LogP contribution >= 0.6 is 15.9 Å². The van der Waals surface area contributed by atoms with Crippen molar-refractivity contribution in [3.63, 3.8) is 0 Å². The first-order valence-electron chi connectivity index (χ1n) is 10.0. The Morgan fingerprint density at radius 2 is 1.56 bits per heavy atom. The molecule has 0 saturated heterocycles. The number of carbonyl (C=O) groups excluding carboxylic acids is 1. The largest absolute Gasteiger partial charge is 0.296 e. The molecule has 3 rings (SSSR count). The molecule has 3 aromatic carbocycles. The Labute approximate surface area is 170 Å². The van der Waals surface area contributed by atoms with Crippen LogP contribution in [0.15, 0.2) is 53.0 Å². The van der Waals surface area contributed by atoms with E-state index in [2.05, 4.69) is 71.1 Å². The summed E-state index contributed by atoms with van der Waals surface area (Å²) in [6, 6.07) is 16.6. The first-order chi connectivity index (χ1) is 13.1. The number of fused-ring (bicyclic) bond motifs is 3. The first kappa shape index (κ1) is 20.0. The Morgan fingerprint density at radius 3 is 2.22 bits per heavy atom. The highest BCUT2D eigenvalue weighted by atomic mass is 79.9. The number of hydrogen-bond donors (Lipinski definition) is 0. The predicted octanol–water partition coefficient (Wildman–Crippen LogP) is 6.84. The molecule has 0 atom stereocenters. The normalized spacial score (nSPS) is 11.6. The molecule has 27 heavy (non-hydrogen) atoms. The molecule has 0 bridgehead atoms. The average Bonchev–Trinajstić information content (AvgIpc) is 2.70. The molecule has 0 radical (unpaired) electrons. The van der Waals surface area contributed by atoms with E-state index in [4.69, 9.17) is 0 Å². The summed E-state index contributed by atoms with van der Waals surface area (Å²) in [5, 5.41) is 4.67. The van der Waals surface area contributed by atoms with E-state index in [0.717, 1.165) is 59.6 Å². The highest BCUT2D eigenvalue weighted by Crippen LogP contribution is 2.32. The quantitative estimate of drug-likeness (QED) is 0.276. The van der Waals surface area contributed by atoms with Gasteiger partial charge in [-0.05, 0) is 59.6 Å². The van der Waals surface area contributed by atoms with Crippen LogP contribution in [0.5, 0.6) is 0 Å². The maximum Gasteiger partial charge on any atom is 0.176 e. The van der Waals surface area contributed by atoms with E-state index in [1.165, 1.54) is 10.8 Å². The van der Waals surface area contributed by atoms with E-state index in [1.807, 2.05) is 12.1 Å². The summed E-state index contributed by atoms with van der Waals surface area (Å²) < 4.78 is 1.09. The number of rotatable bonds is 9. The van der Waals surface area contributed by atoms with Crippen LogP contribution in [0.3, 0.4) is 0 Å². The van der Waals surface area contributed by atoms with E-state index in [0.29, 0.717) is 6.54 Å². The van der Waals surface area contributed by atoms with Gasteiger partial charge in [-0.1, -0.05) is 79.0 Å². The number of unbranched alkanes of at least 4 members (excludes halogenated alkanes) is 2. The van der Waals surface area contributed by atoms with Gasteiger partial charge < -0.3 is 0 Å². The molecular formula is C24H28BrNO. The van der Waals surface area contributed by atoms with Gasteiger partial charge in [-0.25, -0.2) is 0 Å². The summed E-state index contributed by atoms with van der Waals surface area (Å²) in [7, 11) is 0. The van der Waals surface area contributed by atoms with Gasteiger partial charge >= 0.3 is 0 Å². The molecule has 0 unspecified atom stereocenters. The summed E-state index contributed by atoms with van der Waals surface area (Å²) >= 11 is 3.67. The predicted molar refractivity (Wildman–Crippen MR) is 120 cm³/mol. The Hall–Kier alpha value is -1.71. The van der Waals surface area contributed by atoms with Gasteiger partial charge in [0.2, 0.25) is 0 Å². The Balaban J connectivity index is 1.90. The lowest BCUT2D eigenvalue weighted by Gasteiger charge is -2.21. The lowest BCUT2D eigenvalue weighted by molar-refractivity contribution is 0.0928. The zero-order chi connectivity index (χ0) is 19.2. The second kappa shape index (κ2) is 9.48. The number of benzene rings is 3. The minimum Gasteiger partial charge on any atom is -0.296 e. The lowest BCUT2D eigenvalue weighted by atomic mass is 9.98. The molecule has 0 aliphatic carbocycles. The van der Waals surface area contributed by atoms with Gasteiger partial charge in [0, 0.05) is 10.0 Å². The van der Waals surface area contributed by atoms with Crippen LogP contribution in [0.25, 0.3) is 21.5 Å². The molecule has 0 aliphatic heterocycles. The van der Waals surface area contributed by atoms with Gasteiger partial charge in [-0.3, -0.25) is 9.69 Å². The fourth-order valence-electron chi connectivity index (χ4n) is 3.56. The lowest BCUT2D eigenvalue weighted by Crippen LogP contribution is -2.31. The zero-order valence-corrected chi connectivity index (χ0v) is 17.9. The van der Waals surface area contributed by atoms with Gasteiger partial charge in [0.05, 0.1) is 6.54 Å². The fraction of sp³-hybridized carbons (Fsp3) is 0.375. The third-order valence-corrected chi connectivity index (χ3v) is 5.81. The van der Waals surface area contributed by atoms with Crippen molar-refractivity contribution >= 4 is 43.3 Å².